The van der Waals surface area contributed by atoms with Gasteiger partial charge in [0, 0.05) is 31.1 Å². The molecule has 5 rings (SSSR count). The molecule has 8 heteroatoms. The third-order valence-electron chi connectivity index (χ3n) is 8.43. The second-order valence-corrected chi connectivity index (χ2v) is 11.3. The molecule has 3 unspecified atom stereocenters. The quantitative estimate of drug-likeness (QED) is 0.588. The predicted octanol–water partition coefficient (Wildman–Crippen LogP) is 4.44. The molecule has 2 aliphatic heterocycles. The molecule has 0 saturated heterocycles. The van der Waals surface area contributed by atoms with Crippen LogP contribution in [0.25, 0.3) is 0 Å². The number of carbonyl (C=O) groups is 2. The number of hydrogen-bond donors (Lipinski definition) is 2. The normalized spacial score (nSPS) is 25.2. The van der Waals surface area contributed by atoms with E-state index in [0.29, 0.717) is 24.8 Å². The lowest BCUT2D eigenvalue weighted by molar-refractivity contribution is -0.133. The number of guanidine groups is 1. The molecule has 0 spiro atoms. The summed E-state index contributed by atoms with van der Waals surface area (Å²) in [6, 6.07) is 12.9. The molecular formula is C30H38N4O4. The molecule has 3 N–H and O–H groups in total. The predicted molar refractivity (Wildman–Crippen MR) is 146 cm³/mol. The summed E-state index contributed by atoms with van der Waals surface area (Å²) < 4.78 is 12.0. The number of benzene rings is 2. The Labute approximate surface area is 224 Å². The third kappa shape index (κ3) is 4.55. The van der Waals surface area contributed by atoms with Crippen LogP contribution in [0.5, 0.6) is 5.75 Å². The van der Waals surface area contributed by atoms with Crippen molar-refractivity contribution >= 4 is 17.8 Å². The first kappa shape index (κ1) is 26.2. The van der Waals surface area contributed by atoms with Gasteiger partial charge in [-0.1, -0.05) is 38.1 Å². The number of fused-ring (bicyclic) bond motifs is 2. The number of methoxy groups -OCH3 is 1. The van der Waals surface area contributed by atoms with Crippen molar-refractivity contribution in [2.24, 2.45) is 10.7 Å². The lowest BCUT2D eigenvalue weighted by atomic mass is 9.87. The first-order chi connectivity index (χ1) is 18.1. The van der Waals surface area contributed by atoms with Gasteiger partial charge in [-0.15, -0.1) is 0 Å². The smallest absolute Gasteiger partial charge is 0.251 e. The van der Waals surface area contributed by atoms with Crippen LogP contribution < -0.4 is 15.8 Å². The van der Waals surface area contributed by atoms with Gasteiger partial charge in [0.05, 0.1) is 30.1 Å². The fourth-order valence-corrected chi connectivity index (χ4v) is 6.20. The highest BCUT2D eigenvalue weighted by molar-refractivity contribution is 6.00. The van der Waals surface area contributed by atoms with Crippen molar-refractivity contribution in [1.82, 2.24) is 10.2 Å². The second-order valence-electron chi connectivity index (χ2n) is 11.3. The molecule has 8 nitrogen and oxygen atoms in total. The van der Waals surface area contributed by atoms with Crippen LogP contribution in [0.4, 0.5) is 0 Å². The first-order valence-corrected chi connectivity index (χ1v) is 13.5. The van der Waals surface area contributed by atoms with Gasteiger partial charge in [-0.05, 0) is 56.0 Å². The van der Waals surface area contributed by atoms with Crippen molar-refractivity contribution in [3.63, 3.8) is 0 Å². The van der Waals surface area contributed by atoms with Crippen LogP contribution in [-0.4, -0.2) is 47.0 Å². The zero-order valence-corrected chi connectivity index (χ0v) is 22.9. The number of ether oxygens (including phenoxy) is 2. The van der Waals surface area contributed by atoms with Gasteiger partial charge < -0.3 is 20.5 Å². The Bertz CT molecular complexity index is 1280. The van der Waals surface area contributed by atoms with Crippen LogP contribution in [0.2, 0.25) is 0 Å². The molecule has 2 heterocycles. The Balaban J connectivity index is 1.45. The number of hydrogen-bond acceptors (Lipinski definition) is 6. The summed E-state index contributed by atoms with van der Waals surface area (Å²) in [7, 11) is 1.64. The highest BCUT2D eigenvalue weighted by Gasteiger charge is 2.46. The van der Waals surface area contributed by atoms with Gasteiger partial charge in [0.25, 0.3) is 5.91 Å². The number of nitrogens with zero attached hydrogens (tertiary/aromatic N) is 2. The Kier molecular flexibility index (Phi) is 6.71. The van der Waals surface area contributed by atoms with Crippen molar-refractivity contribution in [2.45, 2.75) is 89.1 Å². The zero-order chi connectivity index (χ0) is 27.2. The number of nitrogens with two attached hydrogens (primary N) is 1. The summed E-state index contributed by atoms with van der Waals surface area (Å²) in [6.45, 7) is 8.13. The number of rotatable bonds is 6. The highest BCUT2D eigenvalue weighted by atomic mass is 16.5. The number of para-hydroxylation sites is 1. The SMILES string of the molecule is CCC1(CC)CC(=O)N(C2c3cc(C(=O)NC4CC(C)(C)Oc5ccccc54)ccc3CC2OC)C(N)=N1. The van der Waals surface area contributed by atoms with E-state index in [1.54, 1.807) is 12.0 Å². The minimum absolute atomic E-state index is 0.0583. The van der Waals surface area contributed by atoms with Gasteiger partial charge in [0.1, 0.15) is 11.4 Å². The fourth-order valence-electron chi connectivity index (χ4n) is 6.20. The molecular weight excluding hydrogens is 480 g/mol. The van der Waals surface area contributed by atoms with Crippen LogP contribution in [0.3, 0.4) is 0 Å². The van der Waals surface area contributed by atoms with Crippen molar-refractivity contribution in [3.8, 4) is 5.75 Å². The van der Waals surface area contributed by atoms with Crippen LogP contribution in [0.1, 0.15) is 92.5 Å². The molecule has 2 aromatic rings. The van der Waals surface area contributed by atoms with E-state index in [2.05, 4.69) is 5.32 Å². The van der Waals surface area contributed by atoms with Gasteiger partial charge in [-0.25, -0.2) is 4.99 Å². The summed E-state index contributed by atoms with van der Waals surface area (Å²) in [6.07, 6.45) is 2.80. The first-order valence-electron chi connectivity index (χ1n) is 13.5. The maximum absolute atomic E-state index is 13.5. The molecule has 3 atom stereocenters. The van der Waals surface area contributed by atoms with E-state index in [-0.39, 0.29) is 29.9 Å². The monoisotopic (exact) mass is 518 g/mol. The Morgan fingerprint density at radius 2 is 1.92 bits per heavy atom. The maximum Gasteiger partial charge on any atom is 0.251 e. The standard InChI is InChI=1S/C30H38N4O4/c1-6-30(7-2)17-25(35)34(28(31)33-30)26-21-14-19(13-12-18(21)15-24(26)37-5)27(36)32-22-16-29(3,4)38-23-11-9-8-10-20(22)23/h8-14,22,24,26H,6-7,15-17H2,1-5H3,(H2,31,33)(H,32,36). The third-order valence-corrected chi connectivity index (χ3v) is 8.43. The maximum atomic E-state index is 13.5. The van der Waals surface area contributed by atoms with E-state index in [1.807, 2.05) is 70.2 Å². The zero-order valence-electron chi connectivity index (χ0n) is 22.9. The topological polar surface area (TPSA) is 106 Å². The summed E-state index contributed by atoms with van der Waals surface area (Å²) in [5.41, 5.74) is 9.01. The van der Waals surface area contributed by atoms with Crippen molar-refractivity contribution < 1.29 is 19.1 Å². The molecule has 0 radical (unpaired) electrons. The van der Waals surface area contributed by atoms with Crippen molar-refractivity contribution in [2.75, 3.05) is 7.11 Å². The lowest BCUT2D eigenvalue weighted by Gasteiger charge is -2.40. The highest BCUT2D eigenvalue weighted by Crippen LogP contribution is 2.42. The molecule has 2 amide bonds. The van der Waals surface area contributed by atoms with E-state index >= 15 is 0 Å². The number of carbonyl (C=O) groups excluding carboxylic acids is 2. The molecule has 202 valence electrons. The van der Waals surface area contributed by atoms with Gasteiger partial charge in [-0.3, -0.25) is 14.5 Å². The van der Waals surface area contributed by atoms with Crippen LogP contribution >= 0.6 is 0 Å². The van der Waals surface area contributed by atoms with Gasteiger partial charge in [0.2, 0.25) is 5.91 Å². The molecule has 2 aromatic carbocycles. The van der Waals surface area contributed by atoms with Gasteiger partial charge in [-0.2, -0.15) is 0 Å². The number of amides is 2. The molecule has 0 aromatic heterocycles. The molecule has 3 aliphatic rings. The average molecular weight is 519 g/mol. The second kappa shape index (κ2) is 9.73. The summed E-state index contributed by atoms with van der Waals surface area (Å²) in [5, 5.41) is 3.22. The van der Waals surface area contributed by atoms with Crippen molar-refractivity contribution in [3.05, 3.63) is 64.7 Å². The fraction of sp³-hybridized carbons (Fsp3) is 0.500. The average Bonchev–Trinajstić information content (AvgIpc) is 3.25. The number of aliphatic imine (C=N–C) groups is 1. The molecule has 0 bridgehead atoms. The lowest BCUT2D eigenvalue weighted by Crippen LogP contribution is -2.54. The summed E-state index contributed by atoms with van der Waals surface area (Å²) >= 11 is 0. The van der Waals surface area contributed by atoms with Crippen LogP contribution in [0.15, 0.2) is 47.5 Å². The molecule has 38 heavy (non-hydrogen) atoms. The van der Waals surface area contributed by atoms with Crippen molar-refractivity contribution in [1.29, 1.82) is 0 Å². The van der Waals surface area contributed by atoms with Crippen LogP contribution in [-0.2, 0) is 16.0 Å². The Morgan fingerprint density at radius 3 is 2.61 bits per heavy atom. The summed E-state index contributed by atoms with van der Waals surface area (Å²) in [5.74, 6) is 0.782. The largest absolute Gasteiger partial charge is 0.487 e. The Morgan fingerprint density at radius 1 is 1.18 bits per heavy atom. The van der Waals surface area contributed by atoms with E-state index in [0.717, 1.165) is 35.3 Å². The van der Waals surface area contributed by atoms with Crippen LogP contribution in [0, 0.1) is 0 Å². The minimum Gasteiger partial charge on any atom is -0.487 e. The number of nitrogens with one attached hydrogen (secondary N) is 1. The summed E-state index contributed by atoms with van der Waals surface area (Å²) in [4.78, 5) is 33.4. The van der Waals surface area contributed by atoms with E-state index in [1.165, 1.54) is 0 Å². The van der Waals surface area contributed by atoms with E-state index in [9.17, 15) is 9.59 Å². The molecule has 1 aliphatic carbocycles. The van der Waals surface area contributed by atoms with E-state index < -0.39 is 17.2 Å². The minimum atomic E-state index is -0.461. The molecule has 0 saturated carbocycles. The van der Waals surface area contributed by atoms with E-state index in [4.69, 9.17) is 20.2 Å². The van der Waals surface area contributed by atoms with Gasteiger partial charge in [0.15, 0.2) is 5.96 Å². The molecule has 0 fully saturated rings. The van der Waals surface area contributed by atoms with Gasteiger partial charge >= 0.3 is 0 Å². The Hall–Kier alpha value is -3.39.